The van der Waals surface area contributed by atoms with E-state index >= 15 is 0 Å². The molecule has 32 heavy (non-hydrogen) atoms. The molecule has 5 rings (SSSR count). The van der Waals surface area contributed by atoms with Gasteiger partial charge in [-0.3, -0.25) is 23.8 Å². The van der Waals surface area contributed by atoms with E-state index in [2.05, 4.69) is 33.8 Å². The number of nitrogens with zero attached hydrogens (tertiary/aromatic N) is 5. The Hall–Kier alpha value is -2.20. The van der Waals surface area contributed by atoms with Crippen LogP contribution in [-0.4, -0.2) is 69.6 Å². The molecule has 1 saturated heterocycles. The van der Waals surface area contributed by atoms with E-state index in [4.69, 9.17) is 0 Å². The first kappa shape index (κ1) is 21.6. The molecule has 2 aliphatic heterocycles. The molecule has 0 radical (unpaired) electrons. The molecular weight excluding hydrogens is 442 g/mol. The maximum atomic E-state index is 13.2. The Morgan fingerprint density at radius 3 is 2.75 bits per heavy atom. The first-order valence-electron chi connectivity index (χ1n) is 11.0. The summed E-state index contributed by atoms with van der Waals surface area (Å²) >= 11 is 3.34. The highest BCUT2D eigenvalue weighted by Gasteiger charge is 2.27. The van der Waals surface area contributed by atoms with Crippen LogP contribution in [0.25, 0.3) is 4.96 Å². The Morgan fingerprint density at radius 1 is 1.12 bits per heavy atom. The summed E-state index contributed by atoms with van der Waals surface area (Å²) in [5.41, 5.74) is 1.84. The fraction of sp³-hybridized carbons (Fsp3) is 0.435. The zero-order valence-corrected chi connectivity index (χ0v) is 19.8. The van der Waals surface area contributed by atoms with E-state index in [1.807, 2.05) is 34.2 Å². The van der Waals surface area contributed by atoms with Gasteiger partial charge in [-0.2, -0.15) is 0 Å². The van der Waals surface area contributed by atoms with Crippen LogP contribution in [0, 0.1) is 0 Å². The highest BCUT2D eigenvalue weighted by molar-refractivity contribution is 8.00. The number of fused-ring (bicyclic) bond motifs is 2. The van der Waals surface area contributed by atoms with E-state index in [0.29, 0.717) is 18.3 Å². The number of hydrogen-bond donors (Lipinski definition) is 0. The van der Waals surface area contributed by atoms with Crippen molar-refractivity contribution in [1.82, 2.24) is 19.2 Å². The summed E-state index contributed by atoms with van der Waals surface area (Å²) < 4.78 is 1.58. The summed E-state index contributed by atoms with van der Waals surface area (Å²) in [7, 11) is 0. The number of carbonyl (C=O) groups is 1. The third kappa shape index (κ3) is 4.61. The van der Waals surface area contributed by atoms with Gasteiger partial charge in [0.25, 0.3) is 5.56 Å². The molecule has 3 aromatic rings. The number of piperazine rings is 1. The van der Waals surface area contributed by atoms with E-state index in [0.717, 1.165) is 55.5 Å². The highest BCUT2D eigenvalue weighted by atomic mass is 32.2. The number of benzene rings is 1. The van der Waals surface area contributed by atoms with Gasteiger partial charge >= 0.3 is 0 Å². The van der Waals surface area contributed by atoms with Crippen LogP contribution in [0.15, 0.2) is 51.6 Å². The molecule has 7 nitrogen and oxygen atoms in total. The van der Waals surface area contributed by atoms with Crippen molar-refractivity contribution >= 4 is 39.7 Å². The van der Waals surface area contributed by atoms with Gasteiger partial charge in [-0.25, -0.2) is 4.98 Å². The normalized spacial score (nSPS) is 20.3. The summed E-state index contributed by atoms with van der Waals surface area (Å²) in [6.45, 7) is 7.52. The molecule has 2 aromatic heterocycles. The van der Waals surface area contributed by atoms with Crippen molar-refractivity contribution in [3.63, 3.8) is 0 Å². The van der Waals surface area contributed by atoms with Crippen LogP contribution < -0.4 is 10.5 Å². The summed E-state index contributed by atoms with van der Waals surface area (Å²) in [6.07, 6.45) is 2.76. The van der Waals surface area contributed by atoms with E-state index in [1.165, 1.54) is 16.2 Å². The molecular formula is C23H27N5O2S2. The Labute approximate surface area is 195 Å². The van der Waals surface area contributed by atoms with Gasteiger partial charge < -0.3 is 4.90 Å². The third-order valence-corrected chi connectivity index (χ3v) is 8.10. The second kappa shape index (κ2) is 9.35. The van der Waals surface area contributed by atoms with Gasteiger partial charge in [0.15, 0.2) is 4.96 Å². The fourth-order valence-corrected chi connectivity index (χ4v) is 6.18. The Bertz CT molecular complexity index is 1170. The number of anilines is 1. The lowest BCUT2D eigenvalue weighted by atomic mass is 10.2. The first-order valence-corrected chi connectivity index (χ1v) is 12.8. The van der Waals surface area contributed by atoms with Crippen molar-refractivity contribution in [1.29, 1.82) is 0 Å². The van der Waals surface area contributed by atoms with Crippen molar-refractivity contribution in [2.24, 2.45) is 0 Å². The minimum Gasteiger partial charge on any atom is -0.310 e. The summed E-state index contributed by atoms with van der Waals surface area (Å²) in [5, 5.41) is 2.39. The molecule has 0 N–H and O–H groups in total. The van der Waals surface area contributed by atoms with Crippen LogP contribution in [0.5, 0.6) is 0 Å². The van der Waals surface area contributed by atoms with Crippen LogP contribution >= 0.6 is 23.1 Å². The average Bonchev–Trinajstić information content (AvgIpc) is 3.18. The largest absolute Gasteiger partial charge is 0.310 e. The zero-order chi connectivity index (χ0) is 22.1. The molecule has 4 heterocycles. The van der Waals surface area contributed by atoms with Crippen molar-refractivity contribution in [2.75, 3.05) is 44.2 Å². The Balaban J connectivity index is 1.19. The minimum absolute atomic E-state index is 0.0271. The standard InChI is InChI=1S/C23H27N5O2S2/c1-17-6-7-27(19-4-2-3-5-20(19)32-17)22(30)16-26-10-8-25(9-11-26)15-18-14-21(29)28-12-13-31-23(28)24-18/h2-5,12-14,17H,6-11,15-16H2,1H3/t17-/m1/s1. The van der Waals surface area contributed by atoms with Gasteiger partial charge in [0.1, 0.15) is 0 Å². The quantitative estimate of drug-likeness (QED) is 0.586. The smallest absolute Gasteiger partial charge is 0.258 e. The molecule has 0 spiro atoms. The second-order valence-corrected chi connectivity index (χ2v) is 10.8. The highest BCUT2D eigenvalue weighted by Crippen LogP contribution is 2.37. The van der Waals surface area contributed by atoms with Crippen molar-refractivity contribution in [2.45, 2.75) is 30.0 Å². The van der Waals surface area contributed by atoms with Crippen LogP contribution in [0.3, 0.4) is 0 Å². The molecule has 2 aliphatic rings. The maximum Gasteiger partial charge on any atom is 0.258 e. The predicted octanol–water partition coefficient (Wildman–Crippen LogP) is 2.79. The van der Waals surface area contributed by atoms with Gasteiger partial charge in [0.2, 0.25) is 5.91 Å². The molecule has 0 bridgehead atoms. The molecule has 0 unspecified atom stereocenters. The fourth-order valence-electron chi connectivity index (χ4n) is 4.33. The molecule has 1 atom stereocenters. The van der Waals surface area contributed by atoms with Gasteiger partial charge in [-0.15, -0.1) is 23.1 Å². The maximum absolute atomic E-state index is 13.2. The Morgan fingerprint density at radius 2 is 1.91 bits per heavy atom. The Kier molecular flexibility index (Phi) is 6.32. The van der Waals surface area contributed by atoms with Gasteiger partial charge in [0.05, 0.1) is 17.9 Å². The van der Waals surface area contributed by atoms with E-state index < -0.39 is 0 Å². The topological polar surface area (TPSA) is 61.2 Å². The zero-order valence-electron chi connectivity index (χ0n) is 18.1. The van der Waals surface area contributed by atoms with Crippen LogP contribution in [-0.2, 0) is 11.3 Å². The lowest BCUT2D eigenvalue weighted by Gasteiger charge is -2.35. The number of amides is 1. The number of rotatable bonds is 4. The minimum atomic E-state index is -0.0271. The number of para-hydroxylation sites is 1. The molecule has 1 amide bonds. The van der Waals surface area contributed by atoms with E-state index in [9.17, 15) is 9.59 Å². The summed E-state index contributed by atoms with van der Waals surface area (Å²) in [5.74, 6) is 0.179. The van der Waals surface area contributed by atoms with Crippen LogP contribution in [0.2, 0.25) is 0 Å². The number of carbonyl (C=O) groups excluding carboxylic acids is 1. The number of hydrogen-bond acceptors (Lipinski definition) is 7. The second-order valence-electron chi connectivity index (χ2n) is 8.42. The van der Waals surface area contributed by atoms with Crippen molar-refractivity contribution in [3.8, 4) is 0 Å². The third-order valence-electron chi connectivity index (χ3n) is 6.11. The van der Waals surface area contributed by atoms with E-state index in [1.54, 1.807) is 16.7 Å². The van der Waals surface area contributed by atoms with Crippen molar-refractivity contribution < 1.29 is 4.79 Å². The number of aromatic nitrogens is 2. The monoisotopic (exact) mass is 469 g/mol. The molecule has 1 aromatic carbocycles. The SMILES string of the molecule is C[C@@H]1CCN(C(=O)CN2CCN(Cc3cc(=O)n4ccsc4n3)CC2)c2ccccc2S1. The predicted molar refractivity (Wildman–Crippen MR) is 130 cm³/mol. The van der Waals surface area contributed by atoms with Gasteiger partial charge in [-0.05, 0) is 18.6 Å². The molecule has 168 valence electrons. The summed E-state index contributed by atoms with van der Waals surface area (Å²) in [6, 6.07) is 9.88. The average molecular weight is 470 g/mol. The molecule has 1 fully saturated rings. The van der Waals surface area contributed by atoms with Crippen LogP contribution in [0.1, 0.15) is 19.0 Å². The lowest BCUT2D eigenvalue weighted by molar-refractivity contribution is -0.120. The molecule has 9 heteroatoms. The van der Waals surface area contributed by atoms with E-state index in [-0.39, 0.29) is 11.5 Å². The summed E-state index contributed by atoms with van der Waals surface area (Å²) in [4.78, 5) is 38.5. The lowest BCUT2D eigenvalue weighted by Crippen LogP contribution is -2.50. The molecule has 0 aliphatic carbocycles. The van der Waals surface area contributed by atoms with Crippen molar-refractivity contribution in [3.05, 3.63) is 58.0 Å². The molecule has 0 saturated carbocycles. The van der Waals surface area contributed by atoms with Gasteiger partial charge in [-0.1, -0.05) is 19.1 Å². The van der Waals surface area contributed by atoms with Crippen LogP contribution in [0.4, 0.5) is 5.69 Å². The van der Waals surface area contributed by atoms with Gasteiger partial charge in [0, 0.05) is 67.1 Å². The first-order chi connectivity index (χ1) is 15.6. The number of thiazole rings is 1. The number of thioether (sulfide) groups is 1.